The molecule has 1 aromatic heterocycles. The number of para-hydroxylation sites is 1. The van der Waals surface area contributed by atoms with Gasteiger partial charge in [-0.2, -0.15) is 0 Å². The maximum atomic E-state index is 12.5. The average Bonchev–Trinajstić information content (AvgIpc) is 3.23. The lowest BCUT2D eigenvalue weighted by atomic mass is 10.1. The zero-order valence-electron chi connectivity index (χ0n) is 16.3. The second-order valence-corrected chi connectivity index (χ2v) is 7.62. The molecule has 148 valence electrons. The Morgan fingerprint density at radius 3 is 2.46 bits per heavy atom. The number of urea groups is 1. The first-order valence-electron chi connectivity index (χ1n) is 10.0. The Hall–Kier alpha value is -2.83. The summed E-state index contributed by atoms with van der Waals surface area (Å²) in [5, 5.41) is 13.6. The second kappa shape index (κ2) is 8.04. The Balaban J connectivity index is 1.40. The first-order valence-corrected chi connectivity index (χ1v) is 10.0. The predicted molar refractivity (Wildman–Crippen MR) is 108 cm³/mol. The zero-order valence-corrected chi connectivity index (χ0v) is 16.3. The van der Waals surface area contributed by atoms with Crippen LogP contribution in [0.15, 0.2) is 30.3 Å². The summed E-state index contributed by atoms with van der Waals surface area (Å²) in [6, 6.07) is 9.49. The van der Waals surface area contributed by atoms with E-state index in [1.54, 1.807) is 12.1 Å². The Morgan fingerprint density at radius 2 is 1.75 bits per heavy atom. The van der Waals surface area contributed by atoms with Crippen molar-refractivity contribution in [1.29, 1.82) is 0 Å². The van der Waals surface area contributed by atoms with Crippen molar-refractivity contribution in [3.8, 4) is 17.1 Å². The Kier molecular flexibility index (Phi) is 5.32. The number of benzene rings is 1. The summed E-state index contributed by atoms with van der Waals surface area (Å²) in [7, 11) is 0. The third kappa shape index (κ3) is 4.03. The molecule has 7 heteroatoms. The molecule has 1 aromatic carbocycles. The van der Waals surface area contributed by atoms with Gasteiger partial charge in [0.25, 0.3) is 0 Å². The van der Waals surface area contributed by atoms with Crippen molar-refractivity contribution in [1.82, 2.24) is 19.8 Å². The molecule has 0 radical (unpaired) electrons. The number of carbonyl (C=O) groups is 1. The molecule has 7 nitrogen and oxygen atoms in total. The molecule has 0 unspecified atom stereocenters. The highest BCUT2D eigenvalue weighted by Crippen LogP contribution is 2.27. The van der Waals surface area contributed by atoms with Gasteiger partial charge in [-0.15, -0.1) is 0 Å². The lowest BCUT2D eigenvalue weighted by Crippen LogP contribution is -2.47. The smallest absolute Gasteiger partial charge is 0.319 e. The normalized spacial score (nSPS) is 17.8. The number of amides is 2. The monoisotopic (exact) mass is 381 g/mol. The lowest BCUT2D eigenvalue weighted by Gasteiger charge is -2.35. The quantitative estimate of drug-likeness (QED) is 0.853. The number of hydrogen-bond donors (Lipinski definition) is 2. The molecule has 0 aliphatic carbocycles. The first-order chi connectivity index (χ1) is 13.6. The number of aromatic hydroxyl groups is 1. The molecule has 0 atom stereocenters. The van der Waals surface area contributed by atoms with E-state index < -0.39 is 0 Å². The summed E-state index contributed by atoms with van der Waals surface area (Å²) >= 11 is 0. The van der Waals surface area contributed by atoms with Gasteiger partial charge in [0, 0.05) is 44.0 Å². The van der Waals surface area contributed by atoms with Crippen LogP contribution in [0.25, 0.3) is 11.4 Å². The third-order valence-corrected chi connectivity index (χ3v) is 5.49. The van der Waals surface area contributed by atoms with Crippen LogP contribution < -0.4 is 5.32 Å². The van der Waals surface area contributed by atoms with Crippen molar-refractivity contribution in [2.45, 2.75) is 38.6 Å². The highest BCUT2D eigenvalue weighted by Gasteiger charge is 2.27. The average molecular weight is 381 g/mol. The van der Waals surface area contributed by atoms with Crippen LogP contribution in [0.5, 0.6) is 5.75 Å². The van der Waals surface area contributed by atoms with Crippen LogP contribution in [0.1, 0.15) is 31.4 Å². The summed E-state index contributed by atoms with van der Waals surface area (Å²) in [5.74, 6) is 1.45. The van der Waals surface area contributed by atoms with Gasteiger partial charge in [-0.25, -0.2) is 14.8 Å². The zero-order chi connectivity index (χ0) is 19.5. The SMILES string of the molecule is Cc1cc(NC2CCN(C(=O)N3CCCC3)CC2)nc(-c2ccccc2O)n1. The van der Waals surface area contributed by atoms with E-state index in [9.17, 15) is 9.90 Å². The van der Waals surface area contributed by atoms with Gasteiger partial charge in [-0.1, -0.05) is 12.1 Å². The van der Waals surface area contributed by atoms with E-state index in [0.29, 0.717) is 11.4 Å². The van der Waals surface area contributed by atoms with Crippen molar-refractivity contribution in [2.75, 3.05) is 31.5 Å². The number of aromatic nitrogens is 2. The maximum Gasteiger partial charge on any atom is 0.319 e. The van der Waals surface area contributed by atoms with Crippen molar-refractivity contribution < 1.29 is 9.90 Å². The van der Waals surface area contributed by atoms with Crippen LogP contribution in [0, 0.1) is 6.92 Å². The van der Waals surface area contributed by atoms with Gasteiger partial charge >= 0.3 is 6.03 Å². The molecule has 2 amide bonds. The number of aryl methyl sites for hydroxylation is 1. The number of anilines is 1. The Bertz CT molecular complexity index is 842. The molecule has 2 aliphatic rings. The third-order valence-electron chi connectivity index (χ3n) is 5.49. The summed E-state index contributed by atoms with van der Waals surface area (Å²) in [4.78, 5) is 25.6. The van der Waals surface area contributed by atoms with Crippen molar-refractivity contribution >= 4 is 11.8 Å². The summed E-state index contributed by atoms with van der Waals surface area (Å²) in [6.45, 7) is 5.25. The topological polar surface area (TPSA) is 81.6 Å². The number of carbonyl (C=O) groups excluding carboxylic acids is 1. The van der Waals surface area contributed by atoms with Gasteiger partial charge in [0.05, 0.1) is 5.56 Å². The van der Waals surface area contributed by atoms with E-state index in [0.717, 1.165) is 63.4 Å². The van der Waals surface area contributed by atoms with Crippen LogP contribution in [-0.2, 0) is 0 Å². The molecule has 0 bridgehead atoms. The highest BCUT2D eigenvalue weighted by atomic mass is 16.3. The standard InChI is InChI=1S/C21H27N5O2/c1-15-14-19(24-20(22-15)17-6-2-3-7-18(17)27)23-16-8-12-26(13-9-16)21(28)25-10-4-5-11-25/h2-3,6-7,14,16,27H,4-5,8-13H2,1H3,(H,22,23,24). The van der Waals surface area contributed by atoms with E-state index in [-0.39, 0.29) is 17.8 Å². The number of likely N-dealkylation sites (tertiary alicyclic amines) is 2. The molecule has 3 heterocycles. The molecular weight excluding hydrogens is 354 g/mol. The van der Waals surface area contributed by atoms with Crippen molar-refractivity contribution in [3.63, 3.8) is 0 Å². The van der Waals surface area contributed by atoms with Gasteiger partial charge in [0.2, 0.25) is 0 Å². The highest BCUT2D eigenvalue weighted by molar-refractivity contribution is 5.74. The van der Waals surface area contributed by atoms with Crippen molar-refractivity contribution in [3.05, 3.63) is 36.0 Å². The molecule has 2 aliphatic heterocycles. The van der Waals surface area contributed by atoms with Crippen LogP contribution in [-0.4, -0.2) is 63.1 Å². The van der Waals surface area contributed by atoms with E-state index in [2.05, 4.69) is 15.3 Å². The number of piperidine rings is 1. The summed E-state index contributed by atoms with van der Waals surface area (Å²) in [6.07, 6.45) is 4.04. The first kappa shape index (κ1) is 18.5. The van der Waals surface area contributed by atoms with Crippen LogP contribution in [0.2, 0.25) is 0 Å². The van der Waals surface area contributed by atoms with Crippen molar-refractivity contribution in [2.24, 2.45) is 0 Å². The van der Waals surface area contributed by atoms with Gasteiger partial charge in [-0.3, -0.25) is 0 Å². The largest absolute Gasteiger partial charge is 0.507 e. The van der Waals surface area contributed by atoms with E-state index >= 15 is 0 Å². The minimum Gasteiger partial charge on any atom is -0.507 e. The number of nitrogens with one attached hydrogen (secondary N) is 1. The molecule has 2 saturated heterocycles. The predicted octanol–water partition coefficient (Wildman–Crippen LogP) is 3.25. The Labute approximate surface area is 165 Å². The van der Waals surface area contributed by atoms with Crippen LogP contribution in [0.3, 0.4) is 0 Å². The maximum absolute atomic E-state index is 12.5. The molecule has 0 saturated carbocycles. The lowest BCUT2D eigenvalue weighted by molar-refractivity contribution is 0.150. The van der Waals surface area contributed by atoms with E-state index in [1.807, 2.05) is 34.9 Å². The van der Waals surface area contributed by atoms with Crippen LogP contribution >= 0.6 is 0 Å². The minimum absolute atomic E-state index is 0.174. The minimum atomic E-state index is 0.174. The van der Waals surface area contributed by atoms with E-state index in [4.69, 9.17) is 0 Å². The molecule has 2 aromatic rings. The van der Waals surface area contributed by atoms with E-state index in [1.165, 1.54) is 0 Å². The summed E-state index contributed by atoms with van der Waals surface area (Å²) < 4.78 is 0. The van der Waals surface area contributed by atoms with Gasteiger partial charge in [-0.05, 0) is 44.7 Å². The molecule has 28 heavy (non-hydrogen) atoms. The molecular formula is C21H27N5O2. The molecule has 2 N–H and O–H groups in total. The van der Waals surface area contributed by atoms with Gasteiger partial charge in [0.15, 0.2) is 5.82 Å². The number of rotatable bonds is 3. The fourth-order valence-corrected chi connectivity index (χ4v) is 3.96. The van der Waals surface area contributed by atoms with Crippen LogP contribution in [0.4, 0.5) is 10.6 Å². The fraction of sp³-hybridized carbons (Fsp3) is 0.476. The second-order valence-electron chi connectivity index (χ2n) is 7.62. The fourth-order valence-electron chi connectivity index (χ4n) is 3.96. The molecule has 4 rings (SSSR count). The number of hydrogen-bond acceptors (Lipinski definition) is 5. The number of phenols is 1. The molecule has 2 fully saturated rings. The number of nitrogens with zero attached hydrogens (tertiary/aromatic N) is 4. The summed E-state index contributed by atoms with van der Waals surface area (Å²) in [5.41, 5.74) is 1.47. The number of phenolic OH excluding ortho intramolecular Hbond substituents is 1. The Morgan fingerprint density at radius 1 is 1.07 bits per heavy atom. The van der Waals surface area contributed by atoms with Gasteiger partial charge in [0.1, 0.15) is 11.6 Å². The van der Waals surface area contributed by atoms with Gasteiger partial charge < -0.3 is 20.2 Å². The molecule has 0 spiro atoms.